The van der Waals surface area contributed by atoms with Gasteiger partial charge in [0.1, 0.15) is 5.75 Å². The van der Waals surface area contributed by atoms with Crippen LogP contribution in [0.1, 0.15) is 6.92 Å². The number of hydrogen-bond acceptors (Lipinski definition) is 2. The predicted molar refractivity (Wildman–Crippen MR) is 76.0 cm³/mol. The van der Waals surface area contributed by atoms with Crippen LogP contribution in [0.2, 0.25) is 0 Å². The fourth-order valence-electron chi connectivity index (χ4n) is 1.78. The Morgan fingerprint density at radius 3 is 2.44 bits per heavy atom. The van der Waals surface area contributed by atoms with Crippen molar-refractivity contribution in [2.24, 2.45) is 7.05 Å². The molecule has 0 fully saturated rings. The first-order valence-electron chi connectivity index (χ1n) is 5.72. The zero-order valence-corrected chi connectivity index (χ0v) is 11.9. The van der Waals surface area contributed by atoms with E-state index in [4.69, 9.17) is 4.74 Å². The topological polar surface area (TPSA) is 31.2 Å². The van der Waals surface area contributed by atoms with E-state index in [1.807, 2.05) is 37.3 Å². The van der Waals surface area contributed by atoms with Gasteiger partial charge in [0.25, 0.3) is 5.56 Å². The number of ether oxygens (including phenoxy) is 1. The standard InChI is InChI=1S/C14H14BrNO2/c1-3-18-11-6-4-10(5-7-11)13-9-8-12(15)14(17)16(13)2/h4-9H,3H2,1-2H3. The van der Waals surface area contributed by atoms with Gasteiger partial charge in [-0.05, 0) is 64.8 Å². The van der Waals surface area contributed by atoms with Crippen molar-refractivity contribution in [3.63, 3.8) is 0 Å². The predicted octanol–water partition coefficient (Wildman–Crippen LogP) is 3.21. The lowest BCUT2D eigenvalue weighted by Crippen LogP contribution is -2.18. The normalized spacial score (nSPS) is 10.4. The molecule has 0 saturated carbocycles. The van der Waals surface area contributed by atoms with Gasteiger partial charge in [0.2, 0.25) is 0 Å². The zero-order chi connectivity index (χ0) is 13.1. The van der Waals surface area contributed by atoms with Crippen molar-refractivity contribution in [3.05, 3.63) is 51.2 Å². The molecule has 2 rings (SSSR count). The van der Waals surface area contributed by atoms with Crippen molar-refractivity contribution < 1.29 is 4.74 Å². The number of aromatic nitrogens is 1. The van der Waals surface area contributed by atoms with Crippen molar-refractivity contribution >= 4 is 15.9 Å². The summed E-state index contributed by atoms with van der Waals surface area (Å²) in [5.74, 6) is 0.836. The molecule has 0 bridgehead atoms. The first-order chi connectivity index (χ1) is 8.63. The fraction of sp³-hybridized carbons (Fsp3) is 0.214. The molecule has 0 N–H and O–H groups in total. The molecule has 3 nitrogen and oxygen atoms in total. The summed E-state index contributed by atoms with van der Waals surface area (Å²) in [6.07, 6.45) is 0. The van der Waals surface area contributed by atoms with Crippen molar-refractivity contribution in [3.8, 4) is 17.0 Å². The summed E-state index contributed by atoms with van der Waals surface area (Å²) in [5, 5.41) is 0. The molecule has 94 valence electrons. The Balaban J connectivity index is 2.43. The lowest BCUT2D eigenvalue weighted by atomic mass is 10.1. The van der Waals surface area contributed by atoms with Gasteiger partial charge >= 0.3 is 0 Å². The van der Waals surface area contributed by atoms with Crippen LogP contribution < -0.4 is 10.3 Å². The number of benzene rings is 1. The summed E-state index contributed by atoms with van der Waals surface area (Å²) in [7, 11) is 1.76. The molecular formula is C14H14BrNO2. The third-order valence-electron chi connectivity index (χ3n) is 2.72. The van der Waals surface area contributed by atoms with Gasteiger partial charge in [0.15, 0.2) is 0 Å². The van der Waals surface area contributed by atoms with Crippen LogP contribution in [0.5, 0.6) is 5.75 Å². The minimum atomic E-state index is -0.0404. The SMILES string of the molecule is CCOc1ccc(-c2ccc(Br)c(=O)n2C)cc1. The van der Waals surface area contributed by atoms with Crippen molar-refractivity contribution in [2.45, 2.75) is 6.92 Å². The molecule has 1 heterocycles. The highest BCUT2D eigenvalue weighted by atomic mass is 79.9. The lowest BCUT2D eigenvalue weighted by molar-refractivity contribution is 0.340. The van der Waals surface area contributed by atoms with E-state index in [2.05, 4.69) is 15.9 Å². The second-order valence-corrected chi connectivity index (χ2v) is 4.74. The Morgan fingerprint density at radius 1 is 1.17 bits per heavy atom. The molecule has 0 radical (unpaired) electrons. The Kier molecular flexibility index (Phi) is 3.87. The van der Waals surface area contributed by atoms with Crippen LogP contribution in [-0.4, -0.2) is 11.2 Å². The first-order valence-corrected chi connectivity index (χ1v) is 6.51. The van der Waals surface area contributed by atoms with Gasteiger partial charge in [0, 0.05) is 7.05 Å². The Labute approximate surface area is 114 Å². The smallest absolute Gasteiger partial charge is 0.265 e. The molecule has 0 saturated heterocycles. The minimum absolute atomic E-state index is 0.0404. The summed E-state index contributed by atoms with van der Waals surface area (Å²) < 4.78 is 7.59. The first kappa shape index (κ1) is 12.9. The molecule has 2 aromatic rings. The molecule has 18 heavy (non-hydrogen) atoms. The van der Waals surface area contributed by atoms with E-state index in [9.17, 15) is 4.79 Å². The molecule has 0 aliphatic carbocycles. The fourth-order valence-corrected chi connectivity index (χ4v) is 2.18. The van der Waals surface area contributed by atoms with Gasteiger partial charge in [-0.25, -0.2) is 0 Å². The summed E-state index contributed by atoms with van der Waals surface area (Å²) >= 11 is 3.23. The van der Waals surface area contributed by atoms with E-state index in [1.165, 1.54) is 0 Å². The summed E-state index contributed by atoms with van der Waals surface area (Å²) in [6.45, 7) is 2.60. The van der Waals surface area contributed by atoms with Crippen LogP contribution in [0.3, 0.4) is 0 Å². The van der Waals surface area contributed by atoms with E-state index in [-0.39, 0.29) is 5.56 Å². The van der Waals surface area contributed by atoms with Crippen LogP contribution in [0, 0.1) is 0 Å². The van der Waals surface area contributed by atoms with Crippen molar-refractivity contribution in [1.29, 1.82) is 0 Å². The van der Waals surface area contributed by atoms with E-state index >= 15 is 0 Å². The molecule has 0 unspecified atom stereocenters. The molecule has 0 aliphatic heterocycles. The molecule has 1 aromatic heterocycles. The molecule has 0 spiro atoms. The highest BCUT2D eigenvalue weighted by Crippen LogP contribution is 2.22. The maximum Gasteiger partial charge on any atom is 0.265 e. The van der Waals surface area contributed by atoms with Crippen LogP contribution in [0.15, 0.2) is 45.7 Å². The van der Waals surface area contributed by atoms with Gasteiger partial charge in [-0.3, -0.25) is 4.79 Å². The highest BCUT2D eigenvalue weighted by molar-refractivity contribution is 9.10. The largest absolute Gasteiger partial charge is 0.494 e. The van der Waals surface area contributed by atoms with Crippen LogP contribution in [0.25, 0.3) is 11.3 Å². The number of rotatable bonds is 3. The monoisotopic (exact) mass is 307 g/mol. The van der Waals surface area contributed by atoms with Gasteiger partial charge in [-0.15, -0.1) is 0 Å². The molecule has 0 amide bonds. The van der Waals surface area contributed by atoms with Gasteiger partial charge in [0.05, 0.1) is 16.8 Å². The van der Waals surface area contributed by atoms with Crippen LogP contribution in [-0.2, 0) is 7.05 Å². The number of hydrogen-bond donors (Lipinski definition) is 0. The number of halogens is 1. The number of pyridine rings is 1. The second-order valence-electron chi connectivity index (χ2n) is 3.89. The average Bonchev–Trinajstić information content (AvgIpc) is 2.38. The van der Waals surface area contributed by atoms with E-state index in [0.29, 0.717) is 11.1 Å². The van der Waals surface area contributed by atoms with E-state index in [1.54, 1.807) is 17.7 Å². The second kappa shape index (κ2) is 5.40. The molecular weight excluding hydrogens is 294 g/mol. The van der Waals surface area contributed by atoms with Gasteiger partial charge in [-0.1, -0.05) is 0 Å². The quantitative estimate of drug-likeness (QED) is 0.872. The Morgan fingerprint density at radius 2 is 1.83 bits per heavy atom. The van der Waals surface area contributed by atoms with Crippen molar-refractivity contribution in [1.82, 2.24) is 4.57 Å². The van der Waals surface area contributed by atoms with Gasteiger partial charge in [-0.2, -0.15) is 0 Å². The summed E-state index contributed by atoms with van der Waals surface area (Å²) in [6, 6.07) is 11.4. The highest BCUT2D eigenvalue weighted by Gasteiger charge is 2.05. The van der Waals surface area contributed by atoms with Crippen LogP contribution in [0.4, 0.5) is 0 Å². The summed E-state index contributed by atoms with van der Waals surface area (Å²) in [4.78, 5) is 11.8. The maximum atomic E-state index is 11.8. The van der Waals surface area contributed by atoms with Crippen molar-refractivity contribution in [2.75, 3.05) is 6.61 Å². The molecule has 1 aromatic carbocycles. The summed E-state index contributed by atoms with van der Waals surface area (Å²) in [5.41, 5.74) is 1.83. The Bertz CT molecular complexity index is 602. The molecule has 4 heteroatoms. The maximum absolute atomic E-state index is 11.8. The van der Waals surface area contributed by atoms with E-state index in [0.717, 1.165) is 17.0 Å². The third-order valence-corrected chi connectivity index (χ3v) is 3.32. The van der Waals surface area contributed by atoms with Gasteiger partial charge < -0.3 is 9.30 Å². The van der Waals surface area contributed by atoms with Crippen LogP contribution >= 0.6 is 15.9 Å². The zero-order valence-electron chi connectivity index (χ0n) is 10.3. The Hall–Kier alpha value is -1.55. The minimum Gasteiger partial charge on any atom is -0.494 e. The van der Waals surface area contributed by atoms with E-state index < -0.39 is 0 Å². The number of nitrogens with zero attached hydrogens (tertiary/aromatic N) is 1. The lowest BCUT2D eigenvalue weighted by Gasteiger charge is -2.09. The third kappa shape index (κ3) is 2.48. The average molecular weight is 308 g/mol. The molecule has 0 atom stereocenters. The molecule has 0 aliphatic rings.